The smallest absolute Gasteiger partial charge is 0.122 e. The Bertz CT molecular complexity index is 741. The average Bonchev–Trinajstić information content (AvgIpc) is 2.60. The van der Waals surface area contributed by atoms with Crippen LogP contribution in [0.1, 0.15) is 126 Å². The first-order valence-electron chi connectivity index (χ1n) is 11.0. The minimum atomic E-state index is -0.248. The fourth-order valence-electron chi connectivity index (χ4n) is 4.01. The molecule has 0 saturated heterocycles. The Kier molecular flexibility index (Phi) is 6.77. The molecule has 2 aromatic carbocycles. The van der Waals surface area contributed by atoms with Crippen molar-refractivity contribution in [3.05, 3.63) is 57.6 Å². The molecule has 0 aliphatic carbocycles. The van der Waals surface area contributed by atoms with Gasteiger partial charge in [-0.2, -0.15) is 0 Å². The van der Waals surface area contributed by atoms with E-state index in [1.165, 1.54) is 11.1 Å². The van der Waals surface area contributed by atoms with Crippen molar-refractivity contribution in [1.82, 2.24) is 0 Å². The predicted molar refractivity (Wildman–Crippen MR) is 125 cm³/mol. The minimum absolute atomic E-state index is 0.248. The van der Waals surface area contributed by atoms with Crippen LogP contribution in [0.2, 0.25) is 0 Å². The molecule has 0 heterocycles. The molecular weight excluding hydrogens is 356 g/mol. The molecule has 2 N–H and O–H groups in total. The summed E-state index contributed by atoms with van der Waals surface area (Å²) in [6.45, 7) is 21.5. The Balaban J connectivity index is 2.79. The molecule has 160 valence electrons. The summed E-state index contributed by atoms with van der Waals surface area (Å²) in [4.78, 5) is 0. The normalized spacial score (nSPS) is 12.6. The van der Waals surface area contributed by atoms with Crippen LogP contribution in [0.4, 0.5) is 0 Å². The van der Waals surface area contributed by atoms with Crippen molar-refractivity contribution in [3.8, 4) is 11.5 Å². The Morgan fingerprint density at radius 2 is 0.724 bits per heavy atom. The van der Waals surface area contributed by atoms with Gasteiger partial charge in [-0.25, -0.2) is 0 Å². The zero-order valence-electron chi connectivity index (χ0n) is 20.0. The lowest BCUT2D eigenvalue weighted by Gasteiger charge is -2.31. The van der Waals surface area contributed by atoms with E-state index in [9.17, 15) is 10.2 Å². The second-order valence-electron chi connectivity index (χ2n) is 10.3. The fourth-order valence-corrected chi connectivity index (χ4v) is 4.01. The van der Waals surface area contributed by atoms with E-state index in [4.69, 9.17) is 0 Å². The largest absolute Gasteiger partial charge is 0.507 e. The number of phenolic OH excluding ortho intramolecular Hbond substituents is 2. The standard InChI is InChI=1S/C27H40O2/c1-15(2)21-11-19(12-22(16(3)4)25(21)28)27(9,10)20-13-23(17(5)6)26(29)24(14-20)18(7)8/h11-18,28-29H,1-10H3. The lowest BCUT2D eigenvalue weighted by atomic mass is 9.73. The van der Waals surface area contributed by atoms with Gasteiger partial charge in [0.25, 0.3) is 0 Å². The molecule has 0 amide bonds. The van der Waals surface area contributed by atoms with Gasteiger partial charge in [0.1, 0.15) is 11.5 Å². The number of hydrogen-bond acceptors (Lipinski definition) is 2. The Labute approximate surface area is 178 Å². The van der Waals surface area contributed by atoms with Gasteiger partial charge >= 0.3 is 0 Å². The number of hydrogen-bond donors (Lipinski definition) is 2. The van der Waals surface area contributed by atoms with Crippen molar-refractivity contribution in [2.75, 3.05) is 0 Å². The Morgan fingerprint density at radius 1 is 0.517 bits per heavy atom. The molecule has 0 unspecified atom stereocenters. The molecule has 0 radical (unpaired) electrons. The van der Waals surface area contributed by atoms with Gasteiger partial charge in [-0.1, -0.05) is 93.5 Å². The van der Waals surface area contributed by atoms with Crippen molar-refractivity contribution in [2.45, 2.75) is 98.3 Å². The van der Waals surface area contributed by atoms with Crippen molar-refractivity contribution in [2.24, 2.45) is 0 Å². The van der Waals surface area contributed by atoms with Crippen LogP contribution < -0.4 is 0 Å². The molecule has 0 aliphatic heterocycles. The third-order valence-electron chi connectivity index (χ3n) is 6.27. The highest BCUT2D eigenvalue weighted by atomic mass is 16.3. The van der Waals surface area contributed by atoms with Gasteiger partial charge in [-0.15, -0.1) is 0 Å². The van der Waals surface area contributed by atoms with Gasteiger partial charge in [0, 0.05) is 5.41 Å². The molecule has 0 aliphatic rings. The highest BCUT2D eigenvalue weighted by Crippen LogP contribution is 2.43. The first kappa shape index (κ1) is 23.3. The monoisotopic (exact) mass is 396 g/mol. The molecule has 2 nitrogen and oxygen atoms in total. The first-order valence-corrected chi connectivity index (χ1v) is 11.0. The van der Waals surface area contributed by atoms with E-state index in [0.717, 1.165) is 22.3 Å². The summed E-state index contributed by atoms with van der Waals surface area (Å²) in [5.41, 5.74) is 6.19. The zero-order chi connectivity index (χ0) is 22.3. The van der Waals surface area contributed by atoms with Gasteiger partial charge in [-0.05, 0) is 57.1 Å². The van der Waals surface area contributed by atoms with Gasteiger partial charge in [0.15, 0.2) is 0 Å². The summed E-state index contributed by atoms with van der Waals surface area (Å²) in [5, 5.41) is 21.7. The first-order chi connectivity index (χ1) is 13.3. The van der Waals surface area contributed by atoms with E-state index in [1.54, 1.807) is 0 Å². The summed E-state index contributed by atoms with van der Waals surface area (Å²) in [6, 6.07) is 8.68. The fraction of sp³-hybridized carbons (Fsp3) is 0.556. The zero-order valence-corrected chi connectivity index (χ0v) is 20.0. The maximum absolute atomic E-state index is 10.8. The second-order valence-corrected chi connectivity index (χ2v) is 10.3. The molecule has 0 bridgehead atoms. The maximum atomic E-state index is 10.8. The summed E-state index contributed by atoms with van der Waals surface area (Å²) in [5.74, 6) is 1.87. The average molecular weight is 397 g/mol. The van der Waals surface area contributed by atoms with Gasteiger partial charge in [0.2, 0.25) is 0 Å². The molecule has 2 heteroatoms. The van der Waals surface area contributed by atoms with E-state index < -0.39 is 0 Å². The number of aromatic hydroxyl groups is 2. The Hall–Kier alpha value is -1.96. The van der Waals surface area contributed by atoms with Crippen LogP contribution in [0.15, 0.2) is 24.3 Å². The topological polar surface area (TPSA) is 40.5 Å². The third kappa shape index (κ3) is 4.47. The van der Waals surface area contributed by atoms with Crippen LogP contribution >= 0.6 is 0 Å². The molecule has 0 spiro atoms. The Morgan fingerprint density at radius 3 is 0.897 bits per heavy atom. The van der Waals surface area contributed by atoms with Crippen molar-refractivity contribution in [1.29, 1.82) is 0 Å². The number of rotatable bonds is 6. The molecule has 29 heavy (non-hydrogen) atoms. The SMILES string of the molecule is CC(C)c1cc(C(C)(C)c2cc(C(C)C)c(O)c(C(C)C)c2)cc(C(C)C)c1O. The van der Waals surface area contributed by atoms with E-state index in [0.29, 0.717) is 11.5 Å². The lowest BCUT2D eigenvalue weighted by molar-refractivity contribution is 0.452. The van der Waals surface area contributed by atoms with E-state index in [1.807, 2.05) is 0 Å². The molecule has 0 saturated carbocycles. The molecule has 2 aromatic rings. The van der Waals surface area contributed by atoms with Crippen LogP contribution in [0.5, 0.6) is 11.5 Å². The van der Waals surface area contributed by atoms with Gasteiger partial charge in [-0.3, -0.25) is 0 Å². The van der Waals surface area contributed by atoms with E-state index in [2.05, 4.69) is 93.5 Å². The predicted octanol–water partition coefficient (Wildman–Crippen LogP) is 7.92. The maximum Gasteiger partial charge on any atom is 0.122 e. The minimum Gasteiger partial charge on any atom is -0.507 e. The quantitative estimate of drug-likeness (QED) is 0.520. The summed E-state index contributed by atoms with van der Waals surface area (Å²) in [6.07, 6.45) is 0. The highest BCUT2D eigenvalue weighted by molar-refractivity contribution is 5.54. The van der Waals surface area contributed by atoms with E-state index >= 15 is 0 Å². The summed E-state index contributed by atoms with van der Waals surface area (Å²) >= 11 is 0. The van der Waals surface area contributed by atoms with E-state index in [-0.39, 0.29) is 29.1 Å². The van der Waals surface area contributed by atoms with Crippen LogP contribution in [0.3, 0.4) is 0 Å². The molecular formula is C27H40O2. The summed E-state index contributed by atoms with van der Waals surface area (Å²) in [7, 11) is 0. The number of phenols is 2. The van der Waals surface area contributed by atoms with Crippen molar-refractivity contribution < 1.29 is 10.2 Å². The number of benzene rings is 2. The third-order valence-corrected chi connectivity index (χ3v) is 6.27. The van der Waals surface area contributed by atoms with Crippen LogP contribution in [-0.4, -0.2) is 10.2 Å². The van der Waals surface area contributed by atoms with Crippen molar-refractivity contribution >= 4 is 0 Å². The van der Waals surface area contributed by atoms with Crippen molar-refractivity contribution in [3.63, 3.8) is 0 Å². The van der Waals surface area contributed by atoms with Gasteiger partial charge in [0.05, 0.1) is 0 Å². The lowest BCUT2D eigenvalue weighted by Crippen LogP contribution is -2.21. The molecule has 0 fully saturated rings. The van der Waals surface area contributed by atoms with Crippen LogP contribution in [-0.2, 0) is 5.41 Å². The molecule has 0 aromatic heterocycles. The second kappa shape index (κ2) is 8.42. The summed E-state index contributed by atoms with van der Waals surface area (Å²) < 4.78 is 0. The van der Waals surface area contributed by atoms with Gasteiger partial charge < -0.3 is 10.2 Å². The highest BCUT2D eigenvalue weighted by Gasteiger charge is 2.29. The van der Waals surface area contributed by atoms with Crippen LogP contribution in [0.25, 0.3) is 0 Å². The molecule has 2 rings (SSSR count). The molecule has 0 atom stereocenters. The van der Waals surface area contributed by atoms with Crippen LogP contribution in [0, 0.1) is 0 Å².